The van der Waals surface area contributed by atoms with Crippen LogP contribution in [0.5, 0.6) is 0 Å². The fraction of sp³-hybridized carbons (Fsp3) is 0.533. The molecule has 0 heterocycles. The summed E-state index contributed by atoms with van der Waals surface area (Å²) >= 11 is 0. The number of hydrogen-bond acceptors (Lipinski definition) is 4. The van der Waals surface area contributed by atoms with E-state index in [9.17, 15) is 9.90 Å². The van der Waals surface area contributed by atoms with Gasteiger partial charge in [-0.15, -0.1) is 0 Å². The number of benzene rings is 1. The Morgan fingerprint density at radius 3 is 2.40 bits per heavy atom. The van der Waals surface area contributed by atoms with Gasteiger partial charge >= 0.3 is 5.97 Å². The van der Waals surface area contributed by atoms with Crippen LogP contribution in [0.3, 0.4) is 0 Å². The lowest BCUT2D eigenvalue weighted by molar-refractivity contribution is -0.144. The van der Waals surface area contributed by atoms with Crippen LogP contribution in [0.1, 0.15) is 17.5 Å². The van der Waals surface area contributed by atoms with E-state index in [1.165, 1.54) is 0 Å². The lowest BCUT2D eigenvalue weighted by Gasteiger charge is -2.28. The van der Waals surface area contributed by atoms with Gasteiger partial charge in [0.1, 0.15) is 5.41 Å². The number of hydrogen-bond donors (Lipinski definition) is 2. The largest absolute Gasteiger partial charge is 0.481 e. The normalized spacial score (nSPS) is 13.9. The Hall–Kier alpha value is -1.43. The summed E-state index contributed by atoms with van der Waals surface area (Å²) in [6.45, 7) is 3.28. The van der Waals surface area contributed by atoms with E-state index >= 15 is 0 Å². The lowest BCUT2D eigenvalue weighted by atomic mass is 9.77. The van der Waals surface area contributed by atoms with Crippen LogP contribution >= 0.6 is 0 Å². The smallest absolute Gasteiger partial charge is 0.315 e. The van der Waals surface area contributed by atoms with Gasteiger partial charge in [-0.25, -0.2) is 0 Å². The Balaban J connectivity index is 2.81. The van der Waals surface area contributed by atoms with Gasteiger partial charge in [0.15, 0.2) is 0 Å². The van der Waals surface area contributed by atoms with Gasteiger partial charge in [-0.05, 0) is 18.9 Å². The van der Waals surface area contributed by atoms with Crippen LogP contribution in [-0.4, -0.2) is 44.6 Å². The van der Waals surface area contributed by atoms with Crippen molar-refractivity contribution in [2.75, 3.05) is 33.5 Å². The van der Waals surface area contributed by atoms with Gasteiger partial charge in [-0.1, -0.05) is 29.8 Å². The number of rotatable bonds is 9. The molecule has 0 radical (unpaired) electrons. The van der Waals surface area contributed by atoms with Gasteiger partial charge in [0.2, 0.25) is 0 Å². The molecule has 5 heteroatoms. The number of aryl methyl sites for hydroxylation is 1. The van der Waals surface area contributed by atoms with Crippen LogP contribution in [0.2, 0.25) is 0 Å². The average molecular weight is 281 g/mol. The van der Waals surface area contributed by atoms with Crippen molar-refractivity contribution in [3.05, 3.63) is 35.4 Å². The maximum Gasteiger partial charge on any atom is 0.315 e. The average Bonchev–Trinajstić information content (AvgIpc) is 2.44. The van der Waals surface area contributed by atoms with Gasteiger partial charge < -0.3 is 20.3 Å². The molecule has 5 nitrogen and oxygen atoms in total. The van der Waals surface area contributed by atoms with Crippen molar-refractivity contribution in [1.29, 1.82) is 0 Å². The highest BCUT2D eigenvalue weighted by molar-refractivity contribution is 5.81. The summed E-state index contributed by atoms with van der Waals surface area (Å²) in [4.78, 5) is 11.7. The second-order valence-corrected chi connectivity index (χ2v) is 4.81. The third-order valence-electron chi connectivity index (χ3n) is 3.47. The third kappa shape index (κ3) is 4.03. The standard InChI is InChI=1S/C15H23NO4/c1-12-3-5-13(6-4-12)15(11-16,14(17)18)7-8-20-10-9-19-2/h3-6H,7-11,16H2,1-2H3,(H,17,18). The van der Waals surface area contributed by atoms with Crippen molar-refractivity contribution in [2.45, 2.75) is 18.8 Å². The molecule has 0 aliphatic rings. The molecule has 1 aromatic rings. The fourth-order valence-electron chi connectivity index (χ4n) is 2.05. The second kappa shape index (κ2) is 7.99. The van der Waals surface area contributed by atoms with E-state index < -0.39 is 11.4 Å². The van der Waals surface area contributed by atoms with Crippen LogP contribution in [0.4, 0.5) is 0 Å². The molecule has 0 saturated heterocycles. The van der Waals surface area contributed by atoms with Crippen molar-refractivity contribution in [2.24, 2.45) is 5.73 Å². The molecule has 0 saturated carbocycles. The molecule has 20 heavy (non-hydrogen) atoms. The maximum atomic E-state index is 11.7. The Morgan fingerprint density at radius 2 is 1.90 bits per heavy atom. The van der Waals surface area contributed by atoms with E-state index in [-0.39, 0.29) is 6.54 Å². The zero-order valence-electron chi connectivity index (χ0n) is 12.1. The van der Waals surface area contributed by atoms with Crippen LogP contribution in [0, 0.1) is 6.92 Å². The molecule has 0 fully saturated rings. The van der Waals surface area contributed by atoms with Gasteiger partial charge in [-0.2, -0.15) is 0 Å². The summed E-state index contributed by atoms with van der Waals surface area (Å²) in [5.74, 6) is -0.917. The molecular weight excluding hydrogens is 258 g/mol. The van der Waals surface area contributed by atoms with Gasteiger partial charge in [0.25, 0.3) is 0 Å². The molecule has 1 atom stereocenters. The zero-order valence-corrected chi connectivity index (χ0v) is 12.1. The van der Waals surface area contributed by atoms with Gasteiger partial charge in [-0.3, -0.25) is 4.79 Å². The summed E-state index contributed by atoms with van der Waals surface area (Å²) in [6.07, 6.45) is 0.339. The Kier molecular flexibility index (Phi) is 6.64. The molecule has 112 valence electrons. The van der Waals surface area contributed by atoms with E-state index in [2.05, 4.69) is 0 Å². The SMILES string of the molecule is COCCOCCC(CN)(C(=O)O)c1ccc(C)cc1. The first-order valence-corrected chi connectivity index (χ1v) is 6.64. The molecule has 0 aliphatic carbocycles. The first kappa shape index (κ1) is 16.6. The summed E-state index contributed by atoms with van der Waals surface area (Å²) in [6, 6.07) is 7.44. The number of nitrogens with two attached hydrogens (primary N) is 1. The van der Waals surface area contributed by atoms with Crippen LogP contribution in [-0.2, 0) is 19.7 Å². The molecule has 1 aromatic carbocycles. The van der Waals surface area contributed by atoms with Crippen LogP contribution in [0.25, 0.3) is 0 Å². The predicted octanol–water partition coefficient (Wildman–Crippen LogP) is 1.33. The van der Waals surface area contributed by atoms with Crippen LogP contribution in [0.15, 0.2) is 24.3 Å². The van der Waals surface area contributed by atoms with E-state index in [1.807, 2.05) is 31.2 Å². The second-order valence-electron chi connectivity index (χ2n) is 4.81. The number of ether oxygens (including phenoxy) is 2. The zero-order chi connectivity index (χ0) is 15.0. The summed E-state index contributed by atoms with van der Waals surface area (Å²) in [5.41, 5.74) is 6.46. The molecule has 0 amide bonds. The minimum atomic E-state index is -1.10. The highest BCUT2D eigenvalue weighted by atomic mass is 16.5. The predicted molar refractivity (Wildman–Crippen MR) is 76.9 cm³/mol. The molecule has 1 rings (SSSR count). The lowest BCUT2D eigenvalue weighted by Crippen LogP contribution is -2.44. The van der Waals surface area contributed by atoms with Crippen molar-refractivity contribution in [1.82, 2.24) is 0 Å². The van der Waals surface area contributed by atoms with Gasteiger partial charge in [0, 0.05) is 20.3 Å². The number of aliphatic carboxylic acids is 1. The summed E-state index contributed by atoms with van der Waals surface area (Å²) in [7, 11) is 1.59. The number of carboxylic acid groups (broad SMARTS) is 1. The van der Waals surface area contributed by atoms with E-state index in [1.54, 1.807) is 7.11 Å². The van der Waals surface area contributed by atoms with Crippen molar-refractivity contribution in [3.8, 4) is 0 Å². The maximum absolute atomic E-state index is 11.7. The molecular formula is C15H23NO4. The number of carboxylic acids is 1. The number of carbonyl (C=O) groups is 1. The quantitative estimate of drug-likeness (QED) is 0.667. The van der Waals surface area contributed by atoms with E-state index in [0.29, 0.717) is 31.8 Å². The molecule has 0 aliphatic heterocycles. The highest BCUT2D eigenvalue weighted by Gasteiger charge is 2.38. The molecule has 0 spiro atoms. The molecule has 3 N–H and O–H groups in total. The van der Waals surface area contributed by atoms with Crippen molar-refractivity contribution in [3.63, 3.8) is 0 Å². The molecule has 0 aromatic heterocycles. The highest BCUT2D eigenvalue weighted by Crippen LogP contribution is 2.28. The van der Waals surface area contributed by atoms with Crippen LogP contribution < -0.4 is 5.73 Å². The summed E-state index contributed by atoms with van der Waals surface area (Å²) in [5, 5.41) is 9.59. The fourth-order valence-corrected chi connectivity index (χ4v) is 2.05. The Bertz CT molecular complexity index is 418. The molecule has 0 bridgehead atoms. The summed E-state index contributed by atoms with van der Waals surface area (Å²) < 4.78 is 10.3. The van der Waals surface area contributed by atoms with Crippen molar-refractivity contribution >= 4 is 5.97 Å². The first-order valence-electron chi connectivity index (χ1n) is 6.64. The first-order chi connectivity index (χ1) is 9.56. The third-order valence-corrected chi connectivity index (χ3v) is 3.47. The molecule has 1 unspecified atom stereocenters. The van der Waals surface area contributed by atoms with E-state index in [0.717, 1.165) is 5.56 Å². The number of methoxy groups -OCH3 is 1. The van der Waals surface area contributed by atoms with Gasteiger partial charge in [0.05, 0.1) is 13.2 Å². The monoisotopic (exact) mass is 281 g/mol. The van der Waals surface area contributed by atoms with E-state index in [4.69, 9.17) is 15.2 Å². The Labute approximate surface area is 119 Å². The minimum Gasteiger partial charge on any atom is -0.481 e. The minimum absolute atomic E-state index is 0.0407. The Morgan fingerprint density at radius 1 is 1.25 bits per heavy atom. The topological polar surface area (TPSA) is 81.8 Å². The van der Waals surface area contributed by atoms with Crippen molar-refractivity contribution < 1.29 is 19.4 Å².